The maximum Gasteiger partial charge on any atom is 0.303 e. The molecule has 0 spiro atoms. The van der Waals surface area contributed by atoms with Gasteiger partial charge in [0.2, 0.25) is 0 Å². The lowest BCUT2D eigenvalue weighted by Gasteiger charge is -2.36. The number of nitrogens with zero attached hydrogens (tertiary/aromatic N) is 2. The number of aromatic nitrogens is 1. The number of carboxylic acid groups (broad SMARTS) is 1. The lowest BCUT2D eigenvalue weighted by atomic mass is 10.1. The number of ether oxygens (including phenoxy) is 2. The van der Waals surface area contributed by atoms with Crippen molar-refractivity contribution < 1.29 is 37.4 Å². The van der Waals surface area contributed by atoms with Gasteiger partial charge in [0, 0.05) is 24.2 Å². The van der Waals surface area contributed by atoms with Crippen LogP contribution < -0.4 is 24.4 Å². The monoisotopic (exact) mass is 686 g/mol. The molecule has 2 amide bonds. The predicted octanol–water partition coefficient (Wildman–Crippen LogP) is 4.98. The average molecular weight is 687 g/mol. The van der Waals surface area contributed by atoms with Gasteiger partial charge >= 0.3 is 5.97 Å². The molecule has 12 nitrogen and oxygen atoms in total. The normalized spacial score (nSPS) is 13.9. The van der Waals surface area contributed by atoms with E-state index in [9.17, 15) is 27.9 Å². The van der Waals surface area contributed by atoms with Gasteiger partial charge in [-0.25, -0.2) is 9.71 Å². The van der Waals surface area contributed by atoms with E-state index >= 15 is 0 Å². The molecule has 1 aliphatic rings. The van der Waals surface area contributed by atoms with Crippen molar-refractivity contribution in [2.24, 2.45) is 0 Å². The van der Waals surface area contributed by atoms with Crippen LogP contribution in [0.1, 0.15) is 47.3 Å². The van der Waals surface area contributed by atoms with Gasteiger partial charge in [0.25, 0.3) is 21.8 Å². The number of unbranched alkanes of at least 4 members (excludes halogenated alkanes) is 1. The Morgan fingerprint density at radius 3 is 2.43 bits per heavy atom. The number of hydrogen-bond donors (Lipinski definition) is 3. The standard InChI is InChI=1S/C36H38N4O8S/c1-25-10-7-16-32(37-25)49(45,46)39-36(44)31-24-40(22-9-17-33(41)42)30-15-8-14-29(34(30)48-31)38-35(43)27-18-20-28(21-19-27)47-23-6-5-13-26-11-3-2-4-12-26/h2-4,7-8,10-12,14-16,18-21,31H,5-6,9,13,17,22-24H2,1H3,(H,38,43)(H,39,44)(H,41,42). The van der Waals surface area contributed by atoms with Gasteiger partial charge in [0.15, 0.2) is 16.9 Å². The maximum absolute atomic E-state index is 13.3. The molecule has 0 aliphatic carbocycles. The molecule has 0 saturated carbocycles. The molecule has 1 aliphatic heterocycles. The van der Waals surface area contributed by atoms with Crippen LogP contribution in [0.4, 0.5) is 11.4 Å². The fourth-order valence-electron chi connectivity index (χ4n) is 5.32. The van der Waals surface area contributed by atoms with Crippen LogP contribution in [0.5, 0.6) is 11.5 Å². The number of aryl methyl sites for hydroxylation is 2. The molecule has 0 bridgehead atoms. The zero-order valence-electron chi connectivity index (χ0n) is 27.0. The third kappa shape index (κ3) is 9.57. The van der Waals surface area contributed by atoms with E-state index in [4.69, 9.17) is 9.47 Å². The number of rotatable bonds is 15. The molecule has 3 N–H and O–H groups in total. The summed E-state index contributed by atoms with van der Waals surface area (Å²) in [5.41, 5.74) is 2.88. The van der Waals surface area contributed by atoms with Crippen molar-refractivity contribution in [3.63, 3.8) is 0 Å². The lowest BCUT2D eigenvalue weighted by molar-refractivity contribution is -0.137. The number of carboxylic acids is 1. The van der Waals surface area contributed by atoms with Crippen molar-refractivity contribution in [2.75, 3.05) is 29.9 Å². The van der Waals surface area contributed by atoms with E-state index in [-0.39, 0.29) is 42.4 Å². The molecular formula is C36H38N4O8S. The molecule has 0 fully saturated rings. The first-order valence-corrected chi connectivity index (χ1v) is 17.4. The van der Waals surface area contributed by atoms with Gasteiger partial charge in [-0.3, -0.25) is 14.4 Å². The minimum atomic E-state index is -4.31. The van der Waals surface area contributed by atoms with E-state index in [0.717, 1.165) is 19.3 Å². The minimum absolute atomic E-state index is 0.0552. The molecule has 49 heavy (non-hydrogen) atoms. The molecule has 1 atom stereocenters. The molecule has 5 rings (SSSR count). The Labute approximate surface area is 285 Å². The Kier molecular flexibility index (Phi) is 11.5. The third-order valence-corrected chi connectivity index (χ3v) is 9.05. The quantitative estimate of drug-likeness (QED) is 0.145. The Morgan fingerprint density at radius 2 is 1.69 bits per heavy atom. The summed E-state index contributed by atoms with van der Waals surface area (Å²) in [6, 6.07) is 26.4. The van der Waals surface area contributed by atoms with Crippen molar-refractivity contribution in [1.82, 2.24) is 9.71 Å². The number of para-hydroxylation sites is 1. The number of benzene rings is 3. The van der Waals surface area contributed by atoms with Gasteiger partial charge in [-0.05, 0) is 86.7 Å². The second kappa shape index (κ2) is 16.1. The van der Waals surface area contributed by atoms with Gasteiger partial charge in [-0.2, -0.15) is 8.42 Å². The summed E-state index contributed by atoms with van der Waals surface area (Å²) in [6.45, 7) is 2.36. The Morgan fingerprint density at radius 1 is 0.939 bits per heavy atom. The number of hydrogen-bond acceptors (Lipinski definition) is 9. The molecule has 0 saturated heterocycles. The summed E-state index contributed by atoms with van der Waals surface area (Å²) in [7, 11) is -4.31. The molecule has 13 heteroatoms. The van der Waals surface area contributed by atoms with E-state index in [1.54, 1.807) is 60.4 Å². The average Bonchev–Trinajstić information content (AvgIpc) is 3.08. The van der Waals surface area contributed by atoms with Crippen LogP contribution in [0, 0.1) is 6.92 Å². The van der Waals surface area contributed by atoms with E-state index < -0.39 is 33.9 Å². The summed E-state index contributed by atoms with van der Waals surface area (Å²) in [6.07, 6.45) is 1.70. The van der Waals surface area contributed by atoms with Crippen molar-refractivity contribution in [3.8, 4) is 11.5 Å². The number of carbonyl (C=O) groups is 3. The van der Waals surface area contributed by atoms with Gasteiger partial charge in [0.05, 0.1) is 24.5 Å². The number of aliphatic carboxylic acids is 1. The predicted molar refractivity (Wildman–Crippen MR) is 184 cm³/mol. The zero-order valence-corrected chi connectivity index (χ0v) is 27.8. The number of nitrogens with one attached hydrogen (secondary N) is 2. The Bertz CT molecular complexity index is 1880. The fourth-order valence-corrected chi connectivity index (χ4v) is 6.35. The van der Waals surface area contributed by atoms with E-state index in [0.29, 0.717) is 29.3 Å². The summed E-state index contributed by atoms with van der Waals surface area (Å²) < 4.78 is 39.8. The first kappa shape index (κ1) is 34.9. The largest absolute Gasteiger partial charge is 0.494 e. The van der Waals surface area contributed by atoms with Crippen LogP contribution in [0.25, 0.3) is 0 Å². The maximum atomic E-state index is 13.3. The number of pyridine rings is 1. The van der Waals surface area contributed by atoms with Gasteiger partial charge in [0.1, 0.15) is 5.75 Å². The van der Waals surface area contributed by atoms with Crippen LogP contribution in [-0.4, -0.2) is 62.1 Å². The molecular weight excluding hydrogens is 648 g/mol. The number of amides is 2. The van der Waals surface area contributed by atoms with E-state index in [1.165, 1.54) is 17.7 Å². The van der Waals surface area contributed by atoms with Crippen molar-refractivity contribution >= 4 is 39.2 Å². The summed E-state index contributed by atoms with van der Waals surface area (Å²) in [4.78, 5) is 43.6. The SMILES string of the molecule is Cc1cccc(S(=O)(=O)NC(=O)C2CN(CCCC(=O)O)c3cccc(NC(=O)c4ccc(OCCCCc5ccccc5)cc4)c3O2)n1. The number of fused-ring (bicyclic) bond motifs is 1. The molecule has 1 unspecified atom stereocenters. The molecule has 0 radical (unpaired) electrons. The van der Waals surface area contributed by atoms with E-state index in [1.807, 2.05) is 22.9 Å². The highest BCUT2D eigenvalue weighted by Gasteiger charge is 2.35. The van der Waals surface area contributed by atoms with E-state index in [2.05, 4.69) is 22.4 Å². The highest BCUT2D eigenvalue weighted by molar-refractivity contribution is 7.90. The van der Waals surface area contributed by atoms with Gasteiger partial charge < -0.3 is 24.8 Å². The Hall–Kier alpha value is -5.43. The summed E-state index contributed by atoms with van der Waals surface area (Å²) >= 11 is 0. The van der Waals surface area contributed by atoms with Crippen LogP contribution >= 0.6 is 0 Å². The highest BCUT2D eigenvalue weighted by atomic mass is 32.2. The first-order valence-electron chi connectivity index (χ1n) is 15.9. The molecule has 2 heterocycles. The minimum Gasteiger partial charge on any atom is -0.494 e. The second-order valence-electron chi connectivity index (χ2n) is 11.6. The van der Waals surface area contributed by atoms with Crippen LogP contribution in [0.3, 0.4) is 0 Å². The van der Waals surface area contributed by atoms with Crippen LogP contribution in [0.2, 0.25) is 0 Å². The van der Waals surface area contributed by atoms with Crippen LogP contribution in [-0.2, 0) is 26.0 Å². The van der Waals surface area contributed by atoms with Gasteiger partial charge in [-0.1, -0.05) is 42.5 Å². The molecule has 1 aromatic heterocycles. The number of sulfonamides is 1. The highest BCUT2D eigenvalue weighted by Crippen LogP contribution is 2.40. The Balaban J connectivity index is 1.26. The van der Waals surface area contributed by atoms with Crippen molar-refractivity contribution in [1.29, 1.82) is 0 Å². The summed E-state index contributed by atoms with van der Waals surface area (Å²) in [5, 5.41) is 11.7. The second-order valence-corrected chi connectivity index (χ2v) is 13.2. The topological polar surface area (TPSA) is 164 Å². The van der Waals surface area contributed by atoms with Crippen LogP contribution in [0.15, 0.2) is 96.0 Å². The first-order chi connectivity index (χ1) is 23.6. The van der Waals surface area contributed by atoms with Gasteiger partial charge in [-0.15, -0.1) is 0 Å². The number of anilines is 2. The smallest absolute Gasteiger partial charge is 0.303 e. The third-order valence-electron chi connectivity index (χ3n) is 7.80. The molecule has 4 aromatic rings. The molecule has 256 valence electrons. The fraction of sp³-hybridized carbons (Fsp3) is 0.278. The lowest BCUT2D eigenvalue weighted by Crippen LogP contribution is -2.50. The number of carbonyl (C=O) groups excluding carboxylic acids is 2. The van der Waals surface area contributed by atoms with Crippen molar-refractivity contribution in [2.45, 2.75) is 50.2 Å². The van der Waals surface area contributed by atoms with Crippen molar-refractivity contribution in [3.05, 3.63) is 108 Å². The summed E-state index contributed by atoms with van der Waals surface area (Å²) in [5.74, 6) is -1.56. The molecule has 3 aromatic carbocycles. The zero-order chi connectivity index (χ0) is 34.8.